The van der Waals surface area contributed by atoms with E-state index in [2.05, 4.69) is 28.2 Å². The van der Waals surface area contributed by atoms with E-state index in [-0.39, 0.29) is 23.8 Å². The molecular formula is C27H30FN3O3. The lowest BCUT2D eigenvalue weighted by molar-refractivity contribution is 0.0895. The lowest BCUT2D eigenvalue weighted by Crippen LogP contribution is -2.45. The Balaban J connectivity index is 1.32. The van der Waals surface area contributed by atoms with Crippen molar-refractivity contribution in [2.75, 3.05) is 27.3 Å². The maximum atomic E-state index is 13.5. The van der Waals surface area contributed by atoms with Crippen LogP contribution in [-0.2, 0) is 0 Å². The fourth-order valence-corrected chi connectivity index (χ4v) is 4.37. The maximum absolute atomic E-state index is 13.5. The number of methoxy groups -OCH3 is 2. The standard InChI is InChI=1S/C27H30FN3O3/c1-18(19-8-10-25(33-2)26(16-19)34-3)31-13-11-23(12-14-31)30-27(32)21-7-9-24(29-17-21)20-5-4-6-22(28)15-20/h4-10,15-18,23H,11-14H2,1-3H3,(H,30,32). The summed E-state index contributed by atoms with van der Waals surface area (Å²) >= 11 is 0. The first kappa shape index (κ1) is 23.7. The van der Waals surface area contributed by atoms with E-state index < -0.39 is 0 Å². The minimum atomic E-state index is -0.312. The largest absolute Gasteiger partial charge is 0.493 e. The molecule has 178 valence electrons. The zero-order chi connectivity index (χ0) is 24.1. The Kier molecular flexibility index (Phi) is 7.43. The van der Waals surface area contributed by atoms with Crippen LogP contribution in [0.4, 0.5) is 4.39 Å². The fourth-order valence-electron chi connectivity index (χ4n) is 4.37. The van der Waals surface area contributed by atoms with Gasteiger partial charge in [-0.15, -0.1) is 0 Å². The fraction of sp³-hybridized carbons (Fsp3) is 0.333. The first-order valence-corrected chi connectivity index (χ1v) is 11.5. The maximum Gasteiger partial charge on any atom is 0.253 e. The van der Waals surface area contributed by atoms with Crippen LogP contribution in [0.25, 0.3) is 11.3 Å². The van der Waals surface area contributed by atoms with Crippen molar-refractivity contribution in [3.8, 4) is 22.8 Å². The average molecular weight is 464 g/mol. The second-order valence-corrected chi connectivity index (χ2v) is 8.52. The lowest BCUT2D eigenvalue weighted by Gasteiger charge is -2.36. The third-order valence-electron chi connectivity index (χ3n) is 6.45. The third kappa shape index (κ3) is 5.37. The number of carbonyl (C=O) groups is 1. The quantitative estimate of drug-likeness (QED) is 0.542. The highest BCUT2D eigenvalue weighted by atomic mass is 19.1. The Morgan fingerprint density at radius 3 is 2.47 bits per heavy atom. The summed E-state index contributed by atoms with van der Waals surface area (Å²) in [6.07, 6.45) is 3.29. The molecule has 34 heavy (non-hydrogen) atoms. The summed E-state index contributed by atoms with van der Waals surface area (Å²) in [5, 5.41) is 3.13. The summed E-state index contributed by atoms with van der Waals surface area (Å²) in [6.45, 7) is 3.96. The predicted octanol–water partition coefficient (Wildman–Crippen LogP) is 4.86. The Labute approximate surface area is 199 Å². The topological polar surface area (TPSA) is 63.7 Å². The van der Waals surface area contributed by atoms with Gasteiger partial charge < -0.3 is 14.8 Å². The zero-order valence-corrected chi connectivity index (χ0v) is 19.8. The number of rotatable bonds is 7. The summed E-state index contributed by atoms with van der Waals surface area (Å²) in [5.41, 5.74) is 2.99. The number of hydrogen-bond donors (Lipinski definition) is 1. The van der Waals surface area contributed by atoms with E-state index in [9.17, 15) is 9.18 Å². The van der Waals surface area contributed by atoms with Crippen LogP contribution in [0.15, 0.2) is 60.8 Å². The molecule has 0 radical (unpaired) electrons. The molecule has 2 heterocycles. The van der Waals surface area contributed by atoms with Crippen LogP contribution in [0.1, 0.15) is 41.7 Å². The molecule has 1 saturated heterocycles. The summed E-state index contributed by atoms with van der Waals surface area (Å²) in [4.78, 5) is 19.5. The highest BCUT2D eigenvalue weighted by Gasteiger charge is 2.25. The van der Waals surface area contributed by atoms with Gasteiger partial charge in [-0.1, -0.05) is 18.2 Å². The van der Waals surface area contributed by atoms with Gasteiger partial charge in [0.15, 0.2) is 11.5 Å². The first-order valence-electron chi connectivity index (χ1n) is 11.5. The minimum Gasteiger partial charge on any atom is -0.493 e. The average Bonchev–Trinajstić information content (AvgIpc) is 2.88. The van der Waals surface area contributed by atoms with Crippen molar-refractivity contribution in [2.24, 2.45) is 0 Å². The number of carbonyl (C=O) groups excluding carboxylic acids is 1. The molecule has 0 spiro atoms. The van der Waals surface area contributed by atoms with E-state index in [0.717, 1.165) is 37.4 Å². The van der Waals surface area contributed by atoms with E-state index in [1.54, 1.807) is 44.7 Å². The van der Waals surface area contributed by atoms with Gasteiger partial charge in [-0.3, -0.25) is 14.7 Å². The van der Waals surface area contributed by atoms with E-state index in [1.165, 1.54) is 17.7 Å². The molecule has 7 heteroatoms. The molecular weight excluding hydrogens is 433 g/mol. The number of pyridine rings is 1. The Morgan fingerprint density at radius 1 is 1.06 bits per heavy atom. The van der Waals surface area contributed by atoms with Gasteiger partial charge in [0.25, 0.3) is 5.91 Å². The summed E-state index contributed by atoms with van der Waals surface area (Å²) < 4.78 is 24.2. The van der Waals surface area contributed by atoms with Crippen LogP contribution in [0.2, 0.25) is 0 Å². The number of nitrogens with zero attached hydrogens (tertiary/aromatic N) is 2. The molecule has 1 aliphatic heterocycles. The normalized spacial score (nSPS) is 15.5. The van der Waals surface area contributed by atoms with Crippen molar-refractivity contribution in [2.45, 2.75) is 31.8 Å². The van der Waals surface area contributed by atoms with Gasteiger partial charge in [-0.2, -0.15) is 0 Å². The highest BCUT2D eigenvalue weighted by molar-refractivity contribution is 5.94. The van der Waals surface area contributed by atoms with Crippen LogP contribution in [0.5, 0.6) is 11.5 Å². The molecule has 2 aromatic carbocycles. The third-order valence-corrected chi connectivity index (χ3v) is 6.45. The lowest BCUT2D eigenvalue weighted by atomic mass is 9.99. The molecule has 0 saturated carbocycles. The molecule has 1 N–H and O–H groups in total. The second-order valence-electron chi connectivity index (χ2n) is 8.52. The van der Waals surface area contributed by atoms with E-state index in [0.29, 0.717) is 16.8 Å². The van der Waals surface area contributed by atoms with Crippen LogP contribution in [0.3, 0.4) is 0 Å². The molecule has 1 amide bonds. The number of halogens is 1. The summed E-state index contributed by atoms with van der Waals surface area (Å²) in [6, 6.07) is 16.1. The van der Waals surface area contributed by atoms with Crippen LogP contribution in [-0.4, -0.2) is 49.1 Å². The van der Waals surface area contributed by atoms with Crippen molar-refractivity contribution in [1.82, 2.24) is 15.2 Å². The molecule has 0 bridgehead atoms. The highest BCUT2D eigenvalue weighted by Crippen LogP contribution is 2.32. The number of benzene rings is 2. The van der Waals surface area contributed by atoms with Gasteiger partial charge >= 0.3 is 0 Å². The van der Waals surface area contributed by atoms with E-state index in [4.69, 9.17) is 9.47 Å². The van der Waals surface area contributed by atoms with Crippen molar-refractivity contribution in [1.29, 1.82) is 0 Å². The van der Waals surface area contributed by atoms with Crippen molar-refractivity contribution in [3.63, 3.8) is 0 Å². The zero-order valence-electron chi connectivity index (χ0n) is 19.8. The molecule has 1 atom stereocenters. The molecule has 1 aromatic heterocycles. The number of nitrogens with one attached hydrogen (secondary N) is 1. The number of amides is 1. The van der Waals surface area contributed by atoms with Gasteiger partial charge in [-0.05, 0) is 61.7 Å². The van der Waals surface area contributed by atoms with E-state index in [1.807, 2.05) is 12.1 Å². The molecule has 1 unspecified atom stereocenters. The molecule has 4 rings (SSSR count). The van der Waals surface area contributed by atoms with E-state index >= 15 is 0 Å². The Morgan fingerprint density at radius 2 is 1.82 bits per heavy atom. The molecule has 3 aromatic rings. The SMILES string of the molecule is COc1ccc(C(C)N2CCC(NC(=O)c3ccc(-c4cccc(F)c4)nc3)CC2)cc1OC. The van der Waals surface area contributed by atoms with Crippen LogP contribution < -0.4 is 14.8 Å². The van der Waals surface area contributed by atoms with Crippen molar-refractivity contribution >= 4 is 5.91 Å². The van der Waals surface area contributed by atoms with Gasteiger partial charge in [0.1, 0.15) is 5.82 Å². The van der Waals surface area contributed by atoms with Gasteiger partial charge in [0.2, 0.25) is 0 Å². The number of piperidine rings is 1. The van der Waals surface area contributed by atoms with Crippen LogP contribution >= 0.6 is 0 Å². The predicted molar refractivity (Wildman–Crippen MR) is 130 cm³/mol. The van der Waals surface area contributed by atoms with Crippen LogP contribution in [0, 0.1) is 5.82 Å². The van der Waals surface area contributed by atoms with Crippen molar-refractivity contribution < 1.29 is 18.7 Å². The number of aromatic nitrogens is 1. The Bertz CT molecular complexity index is 1130. The number of likely N-dealkylation sites (tertiary alicyclic amines) is 1. The summed E-state index contributed by atoms with van der Waals surface area (Å²) in [7, 11) is 3.28. The molecule has 0 aliphatic carbocycles. The monoisotopic (exact) mass is 463 g/mol. The molecule has 1 aliphatic rings. The first-order chi connectivity index (χ1) is 16.5. The number of hydrogen-bond acceptors (Lipinski definition) is 5. The molecule has 6 nitrogen and oxygen atoms in total. The second kappa shape index (κ2) is 10.7. The van der Waals surface area contributed by atoms with Gasteiger partial charge in [-0.25, -0.2) is 4.39 Å². The minimum absolute atomic E-state index is 0.115. The summed E-state index contributed by atoms with van der Waals surface area (Å²) in [5.74, 6) is 1.00. The molecule has 1 fully saturated rings. The van der Waals surface area contributed by atoms with Crippen molar-refractivity contribution in [3.05, 3.63) is 77.7 Å². The van der Waals surface area contributed by atoms with Gasteiger partial charge in [0, 0.05) is 36.9 Å². The number of ether oxygens (including phenoxy) is 2. The smallest absolute Gasteiger partial charge is 0.253 e. The Hall–Kier alpha value is -3.45. The van der Waals surface area contributed by atoms with Gasteiger partial charge in [0.05, 0.1) is 25.5 Å².